The van der Waals surface area contributed by atoms with E-state index < -0.39 is 17.8 Å². The van der Waals surface area contributed by atoms with E-state index in [1.165, 1.54) is 12.1 Å². The van der Waals surface area contributed by atoms with Gasteiger partial charge in [-0.2, -0.15) is 13.2 Å². The van der Waals surface area contributed by atoms with Gasteiger partial charge in [-0.3, -0.25) is 0 Å². The number of alkyl halides is 3. The maximum Gasteiger partial charge on any atom is 0.416 e. The Hall–Kier alpha value is -4.53. The van der Waals surface area contributed by atoms with Crippen LogP contribution in [0.4, 0.5) is 18.0 Å². The second-order valence-corrected chi connectivity index (χ2v) is 10.4. The predicted molar refractivity (Wildman–Crippen MR) is 152 cm³/mol. The summed E-state index contributed by atoms with van der Waals surface area (Å²) in [5.41, 5.74) is 2.07. The molecule has 0 atom stereocenters. The molecule has 0 bridgehead atoms. The van der Waals surface area contributed by atoms with Crippen LogP contribution < -0.4 is 14.2 Å². The van der Waals surface area contributed by atoms with E-state index in [9.17, 15) is 18.0 Å². The molecule has 2 heterocycles. The first-order valence-corrected chi connectivity index (χ1v) is 13.8. The van der Waals surface area contributed by atoms with Crippen molar-refractivity contribution in [3.63, 3.8) is 0 Å². The lowest BCUT2D eigenvalue weighted by atomic mass is 9.98. The number of halogens is 3. The molecule has 6 nitrogen and oxygen atoms in total. The highest BCUT2D eigenvalue weighted by molar-refractivity contribution is 5.70. The lowest BCUT2D eigenvalue weighted by molar-refractivity contribution is -0.137. The molecule has 5 rings (SSSR count). The van der Waals surface area contributed by atoms with Crippen LogP contribution >= 0.6 is 0 Å². The van der Waals surface area contributed by atoms with Crippen LogP contribution in [0.5, 0.6) is 23.1 Å². The highest BCUT2D eigenvalue weighted by atomic mass is 19.4. The number of carbonyl (C=O) groups is 1. The quantitative estimate of drug-likeness (QED) is 0.212. The largest absolute Gasteiger partial charge is 0.493 e. The zero-order chi connectivity index (χ0) is 29.5. The maximum absolute atomic E-state index is 12.8. The van der Waals surface area contributed by atoms with Crippen LogP contribution in [-0.4, -0.2) is 35.7 Å². The SMILES string of the molecule is Cc1ccc(Oc2ccc(OCC3CCN(C(=O)Oc4ccc(Cc5ccc(C(F)(F)F)cc5)cc4)CC3)cc2)nc1. The molecule has 1 amide bonds. The molecular formula is C33H31F3N2O4. The summed E-state index contributed by atoms with van der Waals surface area (Å²) in [6.07, 6.45) is -0.902. The predicted octanol–water partition coefficient (Wildman–Crippen LogP) is 8.08. The van der Waals surface area contributed by atoms with Gasteiger partial charge in [0.25, 0.3) is 0 Å². The fourth-order valence-corrected chi connectivity index (χ4v) is 4.62. The molecule has 0 saturated carbocycles. The number of likely N-dealkylation sites (tertiary alicyclic amines) is 1. The molecule has 1 aliphatic heterocycles. The Bertz CT molecular complexity index is 1450. The highest BCUT2D eigenvalue weighted by Gasteiger charge is 2.30. The Kier molecular flexibility index (Phi) is 8.95. The summed E-state index contributed by atoms with van der Waals surface area (Å²) in [5, 5.41) is 0. The summed E-state index contributed by atoms with van der Waals surface area (Å²) in [7, 11) is 0. The number of nitrogens with zero attached hydrogens (tertiary/aromatic N) is 2. The lowest BCUT2D eigenvalue weighted by Gasteiger charge is -2.31. The Labute approximate surface area is 242 Å². The summed E-state index contributed by atoms with van der Waals surface area (Å²) in [4.78, 5) is 18.6. The number of pyridine rings is 1. The molecule has 3 aromatic carbocycles. The maximum atomic E-state index is 12.8. The molecular weight excluding hydrogens is 545 g/mol. The third kappa shape index (κ3) is 8.02. The van der Waals surface area contributed by atoms with Crippen molar-refractivity contribution in [3.8, 4) is 23.1 Å². The minimum atomic E-state index is -4.35. The van der Waals surface area contributed by atoms with Gasteiger partial charge < -0.3 is 19.1 Å². The topological polar surface area (TPSA) is 60.9 Å². The number of aryl methyl sites for hydroxylation is 1. The molecule has 9 heteroatoms. The first kappa shape index (κ1) is 29.0. The zero-order valence-electron chi connectivity index (χ0n) is 23.1. The van der Waals surface area contributed by atoms with Gasteiger partial charge in [-0.25, -0.2) is 9.78 Å². The van der Waals surface area contributed by atoms with E-state index in [4.69, 9.17) is 14.2 Å². The van der Waals surface area contributed by atoms with Crippen molar-refractivity contribution < 1.29 is 32.2 Å². The number of hydrogen-bond acceptors (Lipinski definition) is 5. The average molecular weight is 577 g/mol. The summed E-state index contributed by atoms with van der Waals surface area (Å²) >= 11 is 0. The van der Waals surface area contributed by atoms with Gasteiger partial charge in [0.05, 0.1) is 12.2 Å². The molecule has 0 unspecified atom stereocenters. The number of ether oxygens (including phenoxy) is 3. The standard InChI is InChI=1S/C33H31F3N2O4/c1-23-2-15-31(37-21-23)41-29-13-11-28(12-14-29)40-22-26-16-18-38(19-17-26)32(39)42-30-9-5-25(6-10-30)20-24-3-7-27(8-4-24)33(34,35)36/h2-15,21,26H,16-20,22H2,1H3. The van der Waals surface area contributed by atoms with Gasteiger partial charge in [0.2, 0.25) is 5.88 Å². The second-order valence-electron chi connectivity index (χ2n) is 10.4. The van der Waals surface area contributed by atoms with Crippen LogP contribution in [0, 0.1) is 12.8 Å². The van der Waals surface area contributed by atoms with Gasteiger partial charge in [-0.05, 0) is 97.3 Å². The first-order chi connectivity index (χ1) is 20.2. The van der Waals surface area contributed by atoms with Crippen molar-refractivity contribution >= 4 is 6.09 Å². The van der Waals surface area contributed by atoms with Gasteiger partial charge in [0.1, 0.15) is 17.2 Å². The number of benzene rings is 3. The van der Waals surface area contributed by atoms with Crippen LogP contribution in [0.15, 0.2) is 91.1 Å². The van der Waals surface area contributed by atoms with Gasteiger partial charge in [0.15, 0.2) is 0 Å². The summed E-state index contributed by atoms with van der Waals surface area (Å²) < 4.78 is 55.6. The average Bonchev–Trinajstić information content (AvgIpc) is 2.99. The molecule has 0 spiro atoms. The van der Waals surface area contributed by atoms with Crippen molar-refractivity contribution in [2.75, 3.05) is 19.7 Å². The lowest BCUT2D eigenvalue weighted by Crippen LogP contribution is -2.41. The van der Waals surface area contributed by atoms with Crippen LogP contribution in [-0.2, 0) is 12.6 Å². The highest BCUT2D eigenvalue weighted by Crippen LogP contribution is 2.30. The Morgan fingerprint density at radius 1 is 0.833 bits per heavy atom. The van der Waals surface area contributed by atoms with Gasteiger partial charge >= 0.3 is 12.3 Å². The van der Waals surface area contributed by atoms with E-state index in [0.29, 0.717) is 49.4 Å². The van der Waals surface area contributed by atoms with Crippen molar-refractivity contribution in [2.45, 2.75) is 32.4 Å². The molecule has 1 aliphatic rings. The molecule has 42 heavy (non-hydrogen) atoms. The van der Waals surface area contributed by atoms with Crippen molar-refractivity contribution in [1.29, 1.82) is 0 Å². The number of rotatable bonds is 8. The van der Waals surface area contributed by atoms with Crippen molar-refractivity contribution in [3.05, 3.63) is 113 Å². The summed E-state index contributed by atoms with van der Waals surface area (Å²) in [6.45, 7) is 3.69. The van der Waals surface area contributed by atoms with Gasteiger partial charge in [-0.15, -0.1) is 0 Å². The van der Waals surface area contributed by atoms with E-state index in [0.717, 1.165) is 47.4 Å². The third-order valence-electron chi connectivity index (χ3n) is 7.11. The first-order valence-electron chi connectivity index (χ1n) is 13.8. The fourth-order valence-electron chi connectivity index (χ4n) is 4.62. The molecule has 0 radical (unpaired) electrons. The van der Waals surface area contributed by atoms with Crippen molar-refractivity contribution in [2.24, 2.45) is 5.92 Å². The van der Waals surface area contributed by atoms with E-state index in [1.807, 2.05) is 55.5 Å². The Morgan fingerprint density at radius 2 is 1.43 bits per heavy atom. The van der Waals surface area contributed by atoms with Gasteiger partial charge in [0, 0.05) is 25.4 Å². The van der Waals surface area contributed by atoms with E-state index in [-0.39, 0.29) is 0 Å². The summed E-state index contributed by atoms with van der Waals surface area (Å²) in [5.74, 6) is 2.72. The van der Waals surface area contributed by atoms with E-state index in [2.05, 4.69) is 4.98 Å². The number of aromatic nitrogens is 1. The molecule has 218 valence electrons. The zero-order valence-corrected chi connectivity index (χ0v) is 23.1. The number of amides is 1. The minimum Gasteiger partial charge on any atom is -0.493 e. The Morgan fingerprint density at radius 3 is 2.02 bits per heavy atom. The van der Waals surface area contributed by atoms with E-state index >= 15 is 0 Å². The molecule has 0 aliphatic carbocycles. The van der Waals surface area contributed by atoms with Crippen LogP contribution in [0.2, 0.25) is 0 Å². The van der Waals surface area contributed by atoms with Crippen LogP contribution in [0.1, 0.15) is 35.1 Å². The molecule has 1 saturated heterocycles. The van der Waals surface area contributed by atoms with Gasteiger partial charge in [-0.1, -0.05) is 30.3 Å². The molecule has 4 aromatic rings. The number of carbonyl (C=O) groups excluding carboxylic acids is 1. The molecule has 0 N–H and O–H groups in total. The Balaban J connectivity index is 1.03. The van der Waals surface area contributed by atoms with Crippen LogP contribution in [0.25, 0.3) is 0 Å². The summed E-state index contributed by atoms with van der Waals surface area (Å²) in [6, 6.07) is 23.3. The number of hydrogen-bond donors (Lipinski definition) is 0. The van der Waals surface area contributed by atoms with Crippen molar-refractivity contribution in [1.82, 2.24) is 9.88 Å². The second kappa shape index (κ2) is 13.0. The third-order valence-corrected chi connectivity index (χ3v) is 7.11. The number of piperidine rings is 1. The normalized spacial score (nSPS) is 14.0. The fraction of sp³-hybridized carbons (Fsp3) is 0.273. The minimum absolute atomic E-state index is 0.325. The molecule has 1 fully saturated rings. The van der Waals surface area contributed by atoms with Crippen LogP contribution in [0.3, 0.4) is 0 Å². The van der Waals surface area contributed by atoms with E-state index in [1.54, 1.807) is 23.2 Å². The molecule has 1 aromatic heterocycles. The smallest absolute Gasteiger partial charge is 0.416 e. The monoisotopic (exact) mass is 576 g/mol.